The van der Waals surface area contributed by atoms with Crippen molar-refractivity contribution in [3.63, 3.8) is 0 Å². The summed E-state index contributed by atoms with van der Waals surface area (Å²) in [6, 6.07) is 0. The number of ether oxygens (including phenoxy) is 1. The molecule has 2 rings (SSSR count). The van der Waals surface area contributed by atoms with E-state index < -0.39 is 0 Å². The van der Waals surface area contributed by atoms with Crippen molar-refractivity contribution < 1.29 is 9.53 Å². The Morgan fingerprint density at radius 3 is 3.00 bits per heavy atom. The summed E-state index contributed by atoms with van der Waals surface area (Å²) in [7, 11) is 0. The molecule has 4 nitrogen and oxygen atoms in total. The van der Waals surface area contributed by atoms with E-state index >= 15 is 0 Å². The molecule has 1 fully saturated rings. The van der Waals surface area contributed by atoms with Crippen LogP contribution in [0.5, 0.6) is 0 Å². The summed E-state index contributed by atoms with van der Waals surface area (Å²) in [5.74, 6) is 0. The average Bonchev–Trinajstić information content (AvgIpc) is 2.67. The van der Waals surface area contributed by atoms with Crippen LogP contribution in [0.1, 0.15) is 14.7 Å². The van der Waals surface area contributed by atoms with Crippen LogP contribution in [0, 0.1) is 0 Å². The zero-order valence-electron chi connectivity index (χ0n) is 7.81. The summed E-state index contributed by atoms with van der Waals surface area (Å²) in [5.41, 5.74) is 0. The van der Waals surface area contributed by atoms with Gasteiger partial charge in [-0.05, 0) is 0 Å². The van der Waals surface area contributed by atoms with Gasteiger partial charge in [0, 0.05) is 19.3 Å². The van der Waals surface area contributed by atoms with Crippen molar-refractivity contribution in [3.8, 4) is 0 Å². The van der Waals surface area contributed by atoms with Crippen molar-refractivity contribution in [2.45, 2.75) is 6.54 Å². The van der Waals surface area contributed by atoms with Crippen molar-refractivity contribution in [2.24, 2.45) is 0 Å². The first kappa shape index (κ1) is 9.76. The van der Waals surface area contributed by atoms with Gasteiger partial charge in [-0.25, -0.2) is 4.98 Å². The highest BCUT2D eigenvalue weighted by Crippen LogP contribution is 2.13. The maximum Gasteiger partial charge on any atom is 0.161 e. The predicted molar refractivity (Wildman–Crippen MR) is 53.6 cm³/mol. The lowest BCUT2D eigenvalue weighted by atomic mass is 10.4. The van der Waals surface area contributed by atoms with Crippen LogP contribution in [0.4, 0.5) is 0 Å². The minimum absolute atomic E-state index is 0.702. The second-order valence-electron chi connectivity index (χ2n) is 3.16. The highest BCUT2D eigenvalue weighted by Gasteiger charge is 2.12. The Morgan fingerprint density at radius 2 is 2.36 bits per heavy atom. The fourth-order valence-electron chi connectivity index (χ4n) is 1.40. The fraction of sp³-hybridized carbons (Fsp3) is 0.556. The predicted octanol–water partition coefficient (Wildman–Crippen LogP) is 0.788. The summed E-state index contributed by atoms with van der Waals surface area (Å²) in [6.07, 6.45) is 2.48. The number of thiazole rings is 1. The molecule has 5 heteroatoms. The SMILES string of the molecule is O=Cc1cnc(CN2CCOCC2)s1. The topological polar surface area (TPSA) is 42.4 Å². The van der Waals surface area contributed by atoms with Crippen LogP contribution in [0.2, 0.25) is 0 Å². The Bertz CT molecular complexity index is 308. The van der Waals surface area contributed by atoms with E-state index in [9.17, 15) is 4.79 Å². The number of carbonyl (C=O) groups is 1. The third-order valence-electron chi connectivity index (χ3n) is 2.15. The average molecular weight is 212 g/mol. The van der Waals surface area contributed by atoms with Gasteiger partial charge in [0.2, 0.25) is 0 Å². The first-order valence-electron chi connectivity index (χ1n) is 4.58. The summed E-state index contributed by atoms with van der Waals surface area (Å²) >= 11 is 1.46. The first-order valence-corrected chi connectivity index (χ1v) is 5.40. The van der Waals surface area contributed by atoms with E-state index in [-0.39, 0.29) is 0 Å². The van der Waals surface area contributed by atoms with E-state index in [0.29, 0.717) is 4.88 Å². The van der Waals surface area contributed by atoms with E-state index in [0.717, 1.165) is 44.1 Å². The van der Waals surface area contributed by atoms with Crippen LogP contribution >= 0.6 is 11.3 Å². The van der Waals surface area contributed by atoms with Gasteiger partial charge in [-0.2, -0.15) is 0 Å². The molecule has 14 heavy (non-hydrogen) atoms. The third kappa shape index (κ3) is 2.37. The largest absolute Gasteiger partial charge is 0.379 e. The summed E-state index contributed by atoms with van der Waals surface area (Å²) in [5, 5.41) is 1.01. The molecule has 1 saturated heterocycles. The molecule has 1 aliphatic heterocycles. The standard InChI is InChI=1S/C9H12N2O2S/c12-7-8-5-10-9(14-8)6-11-1-3-13-4-2-11/h5,7H,1-4,6H2. The molecular formula is C9H12N2O2S. The van der Waals surface area contributed by atoms with Crippen molar-refractivity contribution in [2.75, 3.05) is 26.3 Å². The number of nitrogens with zero attached hydrogens (tertiary/aromatic N) is 2. The van der Waals surface area contributed by atoms with E-state index in [1.54, 1.807) is 6.20 Å². The Hall–Kier alpha value is -0.780. The number of aldehydes is 1. The van der Waals surface area contributed by atoms with Crippen LogP contribution in [0.15, 0.2) is 6.20 Å². The molecule has 1 aromatic heterocycles. The first-order chi connectivity index (χ1) is 6.88. The van der Waals surface area contributed by atoms with Crippen molar-refractivity contribution >= 4 is 17.6 Å². The number of hydrogen-bond donors (Lipinski definition) is 0. The molecule has 0 aliphatic carbocycles. The molecule has 1 aromatic rings. The van der Waals surface area contributed by atoms with Gasteiger partial charge in [0.25, 0.3) is 0 Å². The lowest BCUT2D eigenvalue weighted by molar-refractivity contribution is 0.0341. The molecule has 0 unspecified atom stereocenters. The number of aromatic nitrogens is 1. The summed E-state index contributed by atoms with van der Waals surface area (Å²) in [4.78, 5) is 17.6. The highest BCUT2D eigenvalue weighted by atomic mass is 32.1. The molecular weight excluding hydrogens is 200 g/mol. The monoisotopic (exact) mass is 212 g/mol. The molecule has 0 atom stereocenters. The molecule has 0 spiro atoms. The van der Waals surface area contributed by atoms with E-state index in [1.165, 1.54) is 11.3 Å². The van der Waals surface area contributed by atoms with E-state index in [1.807, 2.05) is 0 Å². The quantitative estimate of drug-likeness (QED) is 0.695. The van der Waals surface area contributed by atoms with Crippen LogP contribution in [0.3, 0.4) is 0 Å². The minimum Gasteiger partial charge on any atom is -0.379 e. The van der Waals surface area contributed by atoms with Crippen molar-refractivity contribution in [1.82, 2.24) is 9.88 Å². The number of carbonyl (C=O) groups excluding carboxylic acids is 1. The third-order valence-corrected chi connectivity index (χ3v) is 3.06. The van der Waals surface area contributed by atoms with Crippen LogP contribution in [-0.4, -0.2) is 42.5 Å². The zero-order chi connectivity index (χ0) is 9.80. The van der Waals surface area contributed by atoms with Crippen molar-refractivity contribution in [3.05, 3.63) is 16.1 Å². The maximum atomic E-state index is 10.4. The number of morpholine rings is 1. The van der Waals surface area contributed by atoms with Crippen LogP contribution in [-0.2, 0) is 11.3 Å². The molecule has 76 valence electrons. The summed E-state index contributed by atoms with van der Waals surface area (Å²) < 4.78 is 5.25. The molecule has 0 radical (unpaired) electrons. The zero-order valence-corrected chi connectivity index (χ0v) is 8.63. The molecule has 1 aliphatic rings. The van der Waals surface area contributed by atoms with Crippen molar-refractivity contribution in [1.29, 1.82) is 0 Å². The van der Waals surface area contributed by atoms with Gasteiger partial charge < -0.3 is 4.74 Å². The lowest BCUT2D eigenvalue weighted by Gasteiger charge is -2.25. The number of rotatable bonds is 3. The normalized spacial score (nSPS) is 18.3. The molecule has 0 saturated carbocycles. The highest BCUT2D eigenvalue weighted by molar-refractivity contribution is 7.13. The summed E-state index contributed by atoms with van der Waals surface area (Å²) in [6.45, 7) is 4.34. The lowest BCUT2D eigenvalue weighted by Crippen LogP contribution is -2.35. The van der Waals surface area contributed by atoms with E-state index in [4.69, 9.17) is 4.74 Å². The molecule has 0 amide bonds. The van der Waals surface area contributed by atoms with Gasteiger partial charge >= 0.3 is 0 Å². The van der Waals surface area contributed by atoms with Gasteiger partial charge in [-0.1, -0.05) is 0 Å². The van der Waals surface area contributed by atoms with Crippen LogP contribution in [0.25, 0.3) is 0 Å². The minimum atomic E-state index is 0.702. The molecule has 0 aromatic carbocycles. The van der Waals surface area contributed by atoms with Gasteiger partial charge in [-0.15, -0.1) is 11.3 Å². The molecule has 0 bridgehead atoms. The molecule has 0 N–H and O–H groups in total. The van der Waals surface area contributed by atoms with Crippen LogP contribution < -0.4 is 0 Å². The van der Waals surface area contributed by atoms with Gasteiger partial charge in [0.1, 0.15) is 5.01 Å². The van der Waals surface area contributed by atoms with Gasteiger partial charge in [-0.3, -0.25) is 9.69 Å². The van der Waals surface area contributed by atoms with Gasteiger partial charge in [0.15, 0.2) is 6.29 Å². The smallest absolute Gasteiger partial charge is 0.161 e. The van der Waals surface area contributed by atoms with Gasteiger partial charge in [0.05, 0.1) is 24.6 Å². The molecule has 2 heterocycles. The van der Waals surface area contributed by atoms with E-state index in [2.05, 4.69) is 9.88 Å². The Balaban J connectivity index is 1.92. The second-order valence-corrected chi connectivity index (χ2v) is 4.31. The Labute approximate surface area is 86.5 Å². The maximum absolute atomic E-state index is 10.4. The Morgan fingerprint density at radius 1 is 1.57 bits per heavy atom. The number of hydrogen-bond acceptors (Lipinski definition) is 5. The fourth-order valence-corrected chi connectivity index (χ4v) is 2.18. The Kier molecular flexibility index (Phi) is 3.23. The second kappa shape index (κ2) is 4.63.